The second-order valence-corrected chi connectivity index (χ2v) is 23.8. The Bertz CT molecular complexity index is 4510. The van der Waals surface area contributed by atoms with Crippen LogP contribution < -0.4 is 4.90 Å². The number of para-hydroxylation sites is 1. The zero-order valence-electron chi connectivity index (χ0n) is 49.1. The second-order valence-electron chi connectivity index (χ2n) is 23.8. The number of aryl methyl sites for hydroxylation is 2. The molecule has 0 heterocycles. The van der Waals surface area contributed by atoms with Crippen LogP contribution in [0.15, 0.2) is 303 Å². The van der Waals surface area contributed by atoms with Gasteiger partial charge in [-0.2, -0.15) is 0 Å². The van der Waals surface area contributed by atoms with E-state index in [1.807, 2.05) is 18.2 Å². The second kappa shape index (κ2) is 21.8. The van der Waals surface area contributed by atoms with Crippen LogP contribution in [0.1, 0.15) is 99.4 Å². The number of nitrogens with zero attached hydrogens (tertiary/aromatic N) is 1. The van der Waals surface area contributed by atoms with Gasteiger partial charge in [0, 0.05) is 17.1 Å². The van der Waals surface area contributed by atoms with Crippen LogP contribution in [0.3, 0.4) is 0 Å². The maximum absolute atomic E-state index is 2.50. The van der Waals surface area contributed by atoms with Crippen molar-refractivity contribution in [2.24, 2.45) is 0 Å². The van der Waals surface area contributed by atoms with Crippen molar-refractivity contribution in [3.63, 3.8) is 0 Å². The number of benzene rings is 11. The molecule has 17 rings (SSSR count). The third-order valence-electron chi connectivity index (χ3n) is 18.7. The van der Waals surface area contributed by atoms with E-state index in [0.29, 0.717) is 0 Å². The highest BCUT2D eigenvalue weighted by Crippen LogP contribution is 2.65. The number of hydrogen-bond donors (Lipinski definition) is 0. The smallest absolute Gasteiger partial charge is 0.0725 e. The Balaban J connectivity index is 0.000000395. The van der Waals surface area contributed by atoms with Crippen LogP contribution in [-0.4, -0.2) is 0 Å². The summed E-state index contributed by atoms with van der Waals surface area (Å²) in [6.07, 6.45) is 22.8. The van der Waals surface area contributed by atoms with Gasteiger partial charge in [-0.05, 0) is 206 Å². The zero-order chi connectivity index (χ0) is 57.8. The van der Waals surface area contributed by atoms with Gasteiger partial charge in [0.2, 0.25) is 0 Å². The first kappa shape index (κ1) is 52.7. The Morgan fingerprint density at radius 2 is 0.709 bits per heavy atom. The van der Waals surface area contributed by atoms with Gasteiger partial charge >= 0.3 is 0 Å². The molecule has 412 valence electrons. The van der Waals surface area contributed by atoms with E-state index in [-0.39, 0.29) is 5.41 Å². The third kappa shape index (κ3) is 8.67. The number of anilines is 2. The number of fused-ring (bicyclic) bond motifs is 20. The molecule has 11 aromatic carbocycles. The van der Waals surface area contributed by atoms with Crippen molar-refractivity contribution in [2.75, 3.05) is 4.90 Å². The molecule has 11 aromatic rings. The minimum absolute atomic E-state index is 0.379. The molecular formula is C85H67N. The van der Waals surface area contributed by atoms with Gasteiger partial charge in [0.15, 0.2) is 0 Å². The Hall–Kier alpha value is -10.1. The van der Waals surface area contributed by atoms with Crippen LogP contribution in [0, 0.1) is 13.8 Å². The van der Waals surface area contributed by atoms with E-state index in [9.17, 15) is 0 Å². The molecule has 1 heteroatoms. The number of allylic oxidation sites excluding steroid dienone is 7. The average Bonchev–Trinajstić information content (AvgIpc) is 1.53. The topological polar surface area (TPSA) is 3.24 Å². The molecule has 0 N–H and O–H groups in total. The summed E-state index contributed by atoms with van der Waals surface area (Å²) in [5, 5.41) is 0. The summed E-state index contributed by atoms with van der Waals surface area (Å²) >= 11 is 0. The number of rotatable bonds is 6. The van der Waals surface area contributed by atoms with Crippen molar-refractivity contribution in [2.45, 2.75) is 57.3 Å². The Morgan fingerprint density at radius 3 is 1.16 bits per heavy atom. The highest BCUT2D eigenvalue weighted by molar-refractivity contribution is 5.98. The van der Waals surface area contributed by atoms with Crippen molar-refractivity contribution in [1.82, 2.24) is 0 Å². The molecule has 0 atom stereocenters. The molecule has 0 amide bonds. The lowest BCUT2D eigenvalue weighted by atomic mass is 9.70. The minimum atomic E-state index is -0.478. The molecule has 6 aliphatic rings. The van der Waals surface area contributed by atoms with Gasteiger partial charge in [0.25, 0.3) is 0 Å². The molecule has 0 saturated carbocycles. The first-order valence-corrected chi connectivity index (χ1v) is 30.7. The lowest BCUT2D eigenvalue weighted by molar-refractivity contribution is 0.792. The summed E-state index contributed by atoms with van der Waals surface area (Å²) in [5.74, 6) is 0. The van der Waals surface area contributed by atoms with Crippen molar-refractivity contribution < 1.29 is 0 Å². The molecule has 0 aromatic heterocycles. The zero-order valence-corrected chi connectivity index (χ0v) is 49.1. The molecule has 0 saturated heterocycles. The van der Waals surface area contributed by atoms with E-state index in [2.05, 4.69) is 311 Å². The van der Waals surface area contributed by atoms with Crippen molar-refractivity contribution in [3.05, 3.63) is 369 Å². The fraction of sp³-hybridized carbons (Fsp3) is 0.106. The summed E-state index contributed by atoms with van der Waals surface area (Å²) in [4.78, 5) is 2.38. The Kier molecular flexibility index (Phi) is 13.4. The van der Waals surface area contributed by atoms with Crippen LogP contribution in [0.25, 0.3) is 67.8 Å². The lowest BCUT2D eigenvalue weighted by Crippen LogP contribution is -2.26. The minimum Gasteiger partial charge on any atom is -0.311 e. The fourth-order valence-electron chi connectivity index (χ4n) is 14.9. The highest BCUT2D eigenvalue weighted by Gasteiger charge is 2.53. The van der Waals surface area contributed by atoms with E-state index in [1.165, 1.54) is 147 Å². The Labute approximate surface area is 507 Å². The van der Waals surface area contributed by atoms with Crippen LogP contribution in [0.4, 0.5) is 11.4 Å². The van der Waals surface area contributed by atoms with E-state index in [4.69, 9.17) is 0 Å². The van der Waals surface area contributed by atoms with E-state index in [1.54, 1.807) is 0 Å². The van der Waals surface area contributed by atoms with E-state index in [0.717, 1.165) is 24.2 Å². The normalized spacial score (nSPS) is 14.9. The SMILES string of the molecule is CC1=CCCC=C1.Cc1ccc2c(c1)C1(c3ccccc3-c3ccccc31)c1cc(/C=C/c3ccc4c(c3)C3(c5ccccc5-c5ccccc53)c3cc(-c5ccc(N(C6=CCCC=C6)c6ccccc6)cc5)ccc3-4)ccc1-2.Cc1ccccc1. The third-order valence-corrected chi connectivity index (χ3v) is 18.7. The standard InChI is InChI=1S/C71H49N.C7H10.C7H8/c1-46-28-38-58-59-39-31-47(43-67(59)70(66(58)42-46)62-24-12-8-20-54(62)55-21-9-13-25-63(55)70)29-30-48-32-40-60-61-41-35-50(49-33-36-53(37-34-49)72(51-16-4-2-5-17-51)52-18-6-3-7-19-52)45-69(61)71(68(60)44-48)64-26-14-10-22-56(64)57-23-11-15-27-65(57)71;2*1-7-5-3-2-4-6-7/h2,4-6,8-45H,3,7H2,1H3;3,5-6H,2,4H2,1H3;2-6H,1H3/b30-29+;;. The van der Waals surface area contributed by atoms with Gasteiger partial charge in [0.05, 0.1) is 10.8 Å². The summed E-state index contributed by atoms with van der Waals surface area (Å²) < 4.78 is 0. The first-order chi connectivity index (χ1) is 42.4. The van der Waals surface area contributed by atoms with Gasteiger partial charge < -0.3 is 4.90 Å². The predicted octanol–water partition coefficient (Wildman–Crippen LogP) is 22.2. The molecule has 0 fully saturated rings. The molecule has 1 nitrogen and oxygen atoms in total. The number of hydrogen-bond acceptors (Lipinski definition) is 1. The van der Waals surface area contributed by atoms with Crippen LogP contribution >= 0.6 is 0 Å². The largest absolute Gasteiger partial charge is 0.311 e. The highest BCUT2D eigenvalue weighted by atomic mass is 15.1. The summed E-state index contributed by atoms with van der Waals surface area (Å²) in [6, 6.07) is 95.2. The van der Waals surface area contributed by atoms with Crippen molar-refractivity contribution in [1.29, 1.82) is 0 Å². The quantitative estimate of drug-likeness (QED) is 0.150. The van der Waals surface area contributed by atoms with Crippen LogP contribution in [-0.2, 0) is 10.8 Å². The van der Waals surface area contributed by atoms with E-state index >= 15 is 0 Å². The first-order valence-electron chi connectivity index (χ1n) is 30.7. The summed E-state index contributed by atoms with van der Waals surface area (Å²) in [6.45, 7) is 6.45. The molecule has 2 spiro atoms. The maximum Gasteiger partial charge on any atom is 0.0725 e. The van der Waals surface area contributed by atoms with Gasteiger partial charge in [0.1, 0.15) is 0 Å². The molecule has 0 radical (unpaired) electrons. The van der Waals surface area contributed by atoms with Crippen molar-refractivity contribution in [3.8, 4) is 55.6 Å². The monoisotopic (exact) mass is 1100 g/mol. The Morgan fingerprint density at radius 1 is 0.302 bits per heavy atom. The fourth-order valence-corrected chi connectivity index (χ4v) is 14.9. The molecule has 86 heavy (non-hydrogen) atoms. The van der Waals surface area contributed by atoms with Crippen LogP contribution in [0.5, 0.6) is 0 Å². The lowest BCUT2D eigenvalue weighted by Gasteiger charge is -2.31. The van der Waals surface area contributed by atoms with Crippen LogP contribution in [0.2, 0.25) is 0 Å². The molecule has 6 aliphatic carbocycles. The van der Waals surface area contributed by atoms with Gasteiger partial charge in [-0.15, -0.1) is 0 Å². The molecular weight excluding hydrogens is 1030 g/mol. The average molecular weight is 1100 g/mol. The van der Waals surface area contributed by atoms with Crippen molar-refractivity contribution >= 4 is 23.5 Å². The molecule has 0 unspecified atom stereocenters. The van der Waals surface area contributed by atoms with Gasteiger partial charge in [-0.3, -0.25) is 0 Å². The van der Waals surface area contributed by atoms with E-state index < -0.39 is 5.41 Å². The van der Waals surface area contributed by atoms with Gasteiger partial charge in [-0.25, -0.2) is 0 Å². The maximum atomic E-state index is 2.50. The summed E-state index contributed by atoms with van der Waals surface area (Å²) in [5.41, 5.74) is 32.9. The summed E-state index contributed by atoms with van der Waals surface area (Å²) in [7, 11) is 0. The predicted molar refractivity (Wildman–Crippen MR) is 363 cm³/mol. The molecule has 0 aliphatic heterocycles. The van der Waals surface area contributed by atoms with Gasteiger partial charge in [-0.1, -0.05) is 272 Å². The molecule has 0 bridgehead atoms.